The van der Waals surface area contributed by atoms with Crippen LogP contribution in [-0.2, 0) is 0 Å². The van der Waals surface area contributed by atoms with Gasteiger partial charge >= 0.3 is 6.18 Å². The van der Waals surface area contributed by atoms with Crippen molar-refractivity contribution in [1.29, 1.82) is 0 Å². The van der Waals surface area contributed by atoms with Crippen molar-refractivity contribution in [3.05, 3.63) is 42.7 Å². The van der Waals surface area contributed by atoms with E-state index in [0.29, 0.717) is 5.56 Å². The molecular formula is C12H12F3N3. The molecule has 6 heteroatoms. The first kappa shape index (κ1) is 12.6. The van der Waals surface area contributed by atoms with E-state index in [-0.39, 0.29) is 5.82 Å². The lowest BCUT2D eigenvalue weighted by atomic mass is 10.2. The lowest BCUT2D eigenvalue weighted by molar-refractivity contribution is -0.164. The Labute approximate surface area is 102 Å². The SMILES string of the molecule is NCC(n1ccnc1-c1ccccc1)C(F)(F)F. The Kier molecular flexibility index (Phi) is 3.38. The third-order valence-electron chi connectivity index (χ3n) is 2.64. The summed E-state index contributed by atoms with van der Waals surface area (Å²) < 4.78 is 39.6. The van der Waals surface area contributed by atoms with E-state index >= 15 is 0 Å². The van der Waals surface area contributed by atoms with Gasteiger partial charge in [0.2, 0.25) is 0 Å². The van der Waals surface area contributed by atoms with Gasteiger partial charge in [-0.25, -0.2) is 4.98 Å². The molecule has 0 fully saturated rings. The predicted molar refractivity (Wildman–Crippen MR) is 61.8 cm³/mol. The molecule has 1 heterocycles. The molecule has 18 heavy (non-hydrogen) atoms. The van der Waals surface area contributed by atoms with Crippen molar-refractivity contribution in [2.24, 2.45) is 5.73 Å². The summed E-state index contributed by atoms with van der Waals surface area (Å²) in [6.07, 6.45) is -1.75. The number of hydrogen-bond acceptors (Lipinski definition) is 2. The molecule has 0 aliphatic heterocycles. The summed E-state index contributed by atoms with van der Waals surface area (Å²) in [5.41, 5.74) is 5.86. The van der Waals surface area contributed by atoms with Crippen molar-refractivity contribution >= 4 is 0 Å². The summed E-state index contributed by atoms with van der Waals surface area (Å²) in [6.45, 7) is -0.514. The molecule has 0 aliphatic rings. The van der Waals surface area contributed by atoms with Gasteiger partial charge in [-0.2, -0.15) is 13.2 Å². The van der Waals surface area contributed by atoms with Gasteiger partial charge in [-0.05, 0) is 0 Å². The molecule has 1 aromatic heterocycles. The Morgan fingerprint density at radius 1 is 1.22 bits per heavy atom. The lowest BCUT2D eigenvalue weighted by Crippen LogP contribution is -2.33. The van der Waals surface area contributed by atoms with Crippen LogP contribution in [0.5, 0.6) is 0 Å². The second kappa shape index (κ2) is 4.81. The highest BCUT2D eigenvalue weighted by Gasteiger charge is 2.40. The summed E-state index contributed by atoms with van der Waals surface area (Å²) >= 11 is 0. The topological polar surface area (TPSA) is 43.8 Å². The maximum absolute atomic E-state index is 12.9. The smallest absolute Gasteiger partial charge is 0.328 e. The summed E-state index contributed by atoms with van der Waals surface area (Å²) in [5, 5.41) is 0. The van der Waals surface area contributed by atoms with Crippen LogP contribution in [0.15, 0.2) is 42.7 Å². The lowest BCUT2D eigenvalue weighted by Gasteiger charge is -2.21. The number of hydrogen-bond donors (Lipinski definition) is 1. The third kappa shape index (κ3) is 2.38. The molecule has 2 rings (SSSR count). The van der Waals surface area contributed by atoms with Gasteiger partial charge in [0.1, 0.15) is 11.9 Å². The van der Waals surface area contributed by atoms with Crippen molar-refractivity contribution in [1.82, 2.24) is 9.55 Å². The van der Waals surface area contributed by atoms with Gasteiger partial charge in [0.05, 0.1) is 0 Å². The van der Waals surface area contributed by atoms with Crippen LogP contribution < -0.4 is 5.73 Å². The van der Waals surface area contributed by atoms with Gasteiger partial charge in [0.15, 0.2) is 0 Å². The third-order valence-corrected chi connectivity index (χ3v) is 2.64. The Morgan fingerprint density at radius 3 is 2.44 bits per heavy atom. The van der Waals surface area contributed by atoms with Crippen LogP contribution in [0.3, 0.4) is 0 Å². The number of rotatable bonds is 3. The van der Waals surface area contributed by atoms with E-state index in [1.54, 1.807) is 30.3 Å². The largest absolute Gasteiger partial charge is 0.410 e. The molecule has 1 atom stereocenters. The number of halogens is 3. The van der Waals surface area contributed by atoms with Gasteiger partial charge < -0.3 is 10.3 Å². The molecule has 0 spiro atoms. The molecule has 0 aliphatic carbocycles. The second-order valence-corrected chi connectivity index (χ2v) is 3.82. The molecule has 96 valence electrons. The maximum Gasteiger partial charge on any atom is 0.410 e. The second-order valence-electron chi connectivity index (χ2n) is 3.82. The number of nitrogens with two attached hydrogens (primary N) is 1. The van der Waals surface area contributed by atoms with Gasteiger partial charge in [-0.15, -0.1) is 0 Å². The zero-order chi connectivity index (χ0) is 13.2. The predicted octanol–water partition coefficient (Wildman–Crippen LogP) is 2.61. The average Bonchev–Trinajstić information content (AvgIpc) is 2.78. The van der Waals surface area contributed by atoms with Gasteiger partial charge in [-0.1, -0.05) is 30.3 Å². The highest BCUT2D eigenvalue weighted by molar-refractivity contribution is 5.55. The fourth-order valence-corrected chi connectivity index (χ4v) is 1.78. The van der Waals surface area contributed by atoms with Crippen molar-refractivity contribution < 1.29 is 13.2 Å². The minimum Gasteiger partial charge on any atom is -0.328 e. The molecule has 2 aromatic rings. The van der Waals surface area contributed by atoms with Crippen LogP contribution >= 0.6 is 0 Å². The van der Waals surface area contributed by atoms with Crippen molar-refractivity contribution in [3.63, 3.8) is 0 Å². The number of imidazole rings is 1. The summed E-state index contributed by atoms with van der Waals surface area (Å²) in [7, 11) is 0. The van der Waals surface area contributed by atoms with Crippen molar-refractivity contribution in [2.75, 3.05) is 6.54 Å². The number of nitrogens with zero attached hydrogens (tertiary/aromatic N) is 2. The number of benzene rings is 1. The first-order chi connectivity index (χ1) is 8.54. The van der Waals surface area contributed by atoms with Crippen LogP contribution in [0, 0.1) is 0 Å². The van der Waals surface area contributed by atoms with Crippen LogP contribution in [-0.4, -0.2) is 22.3 Å². The minimum atomic E-state index is -4.39. The molecule has 0 radical (unpaired) electrons. The molecule has 1 unspecified atom stereocenters. The molecule has 0 amide bonds. The van der Waals surface area contributed by atoms with E-state index in [4.69, 9.17) is 5.73 Å². The fourth-order valence-electron chi connectivity index (χ4n) is 1.78. The van der Waals surface area contributed by atoms with Gasteiger partial charge in [0.25, 0.3) is 0 Å². The zero-order valence-corrected chi connectivity index (χ0v) is 9.43. The Hall–Kier alpha value is -1.82. The van der Waals surface area contributed by atoms with Gasteiger partial charge in [0, 0.05) is 24.5 Å². The first-order valence-corrected chi connectivity index (χ1v) is 5.39. The van der Waals surface area contributed by atoms with E-state index in [2.05, 4.69) is 4.98 Å². The molecule has 0 saturated heterocycles. The zero-order valence-electron chi connectivity index (χ0n) is 9.43. The average molecular weight is 255 g/mol. The molecule has 0 bridgehead atoms. The highest BCUT2D eigenvalue weighted by Crippen LogP contribution is 2.32. The normalized spacial score (nSPS) is 13.6. The van der Waals surface area contributed by atoms with E-state index in [0.717, 1.165) is 4.57 Å². The maximum atomic E-state index is 12.9. The standard InChI is InChI=1S/C12H12F3N3/c13-12(14,15)10(8-16)18-7-6-17-11(18)9-4-2-1-3-5-9/h1-7,10H,8,16H2. The van der Waals surface area contributed by atoms with Crippen LogP contribution in [0.1, 0.15) is 6.04 Å². The van der Waals surface area contributed by atoms with E-state index in [1.807, 2.05) is 0 Å². The van der Waals surface area contributed by atoms with Crippen LogP contribution in [0.2, 0.25) is 0 Å². The van der Waals surface area contributed by atoms with E-state index in [9.17, 15) is 13.2 Å². The molecule has 2 N–H and O–H groups in total. The molecule has 0 saturated carbocycles. The summed E-state index contributed by atoms with van der Waals surface area (Å²) in [6, 6.07) is 6.96. The van der Waals surface area contributed by atoms with Crippen molar-refractivity contribution in [2.45, 2.75) is 12.2 Å². The quantitative estimate of drug-likeness (QED) is 0.916. The van der Waals surface area contributed by atoms with E-state index in [1.165, 1.54) is 12.4 Å². The summed E-state index contributed by atoms with van der Waals surface area (Å²) in [4.78, 5) is 3.98. The van der Waals surface area contributed by atoms with Gasteiger partial charge in [-0.3, -0.25) is 0 Å². The van der Waals surface area contributed by atoms with E-state index < -0.39 is 18.8 Å². The van der Waals surface area contributed by atoms with Crippen molar-refractivity contribution in [3.8, 4) is 11.4 Å². The first-order valence-electron chi connectivity index (χ1n) is 5.39. The summed E-state index contributed by atoms with van der Waals surface area (Å²) in [5.74, 6) is 0.267. The molecule has 1 aromatic carbocycles. The number of aromatic nitrogens is 2. The van der Waals surface area contributed by atoms with Crippen LogP contribution in [0.4, 0.5) is 13.2 Å². The monoisotopic (exact) mass is 255 g/mol. The highest BCUT2D eigenvalue weighted by atomic mass is 19.4. The van der Waals surface area contributed by atoms with Crippen LogP contribution in [0.25, 0.3) is 11.4 Å². The Morgan fingerprint density at radius 2 is 1.89 bits per heavy atom. The Bertz CT molecular complexity index is 505. The minimum absolute atomic E-state index is 0.267. The Balaban J connectivity index is 2.45. The molecular weight excluding hydrogens is 243 g/mol. The fraction of sp³-hybridized carbons (Fsp3) is 0.250. The number of alkyl halides is 3. The molecule has 3 nitrogen and oxygen atoms in total.